The van der Waals surface area contributed by atoms with Crippen LogP contribution in [0.3, 0.4) is 0 Å². The van der Waals surface area contributed by atoms with Crippen LogP contribution >= 0.6 is 0 Å². The fourth-order valence-electron chi connectivity index (χ4n) is 2.35. The minimum absolute atomic E-state index is 0.180. The highest BCUT2D eigenvalue weighted by Gasteiger charge is 2.34. The lowest BCUT2D eigenvalue weighted by Crippen LogP contribution is -2.42. The predicted octanol–water partition coefficient (Wildman–Crippen LogP) is 1.76. The fourth-order valence-corrected chi connectivity index (χ4v) is 2.35. The van der Waals surface area contributed by atoms with Crippen LogP contribution in [0, 0.1) is 18.3 Å². The first-order valence-corrected chi connectivity index (χ1v) is 6.52. The molecular formula is C15H20N2O2. The topological polar surface area (TPSA) is 54.3 Å². The highest BCUT2D eigenvalue weighted by molar-refractivity contribution is 5.37. The maximum atomic E-state index is 8.84. The molecule has 2 rings (SSSR count). The van der Waals surface area contributed by atoms with Crippen molar-refractivity contribution in [1.29, 1.82) is 5.26 Å². The Bertz CT molecular complexity index is 474. The lowest BCUT2D eigenvalue weighted by molar-refractivity contribution is -0.0159. The first kappa shape index (κ1) is 14.0. The van der Waals surface area contributed by atoms with Gasteiger partial charge in [-0.3, -0.25) is 0 Å². The summed E-state index contributed by atoms with van der Waals surface area (Å²) in [5.41, 5.74) is 2.88. The summed E-state index contributed by atoms with van der Waals surface area (Å²) in [6.45, 7) is 5.02. The van der Waals surface area contributed by atoms with Crippen molar-refractivity contribution in [1.82, 2.24) is 5.32 Å². The summed E-state index contributed by atoms with van der Waals surface area (Å²) in [6, 6.07) is 7.93. The van der Waals surface area contributed by atoms with Crippen LogP contribution in [0.1, 0.15) is 23.1 Å². The fraction of sp³-hybridized carbons (Fsp3) is 0.533. The van der Waals surface area contributed by atoms with Crippen molar-refractivity contribution in [2.75, 3.05) is 26.9 Å². The summed E-state index contributed by atoms with van der Waals surface area (Å²) >= 11 is 0. The minimum atomic E-state index is -0.180. The summed E-state index contributed by atoms with van der Waals surface area (Å²) in [7, 11) is 1.74. The van der Waals surface area contributed by atoms with Gasteiger partial charge in [0, 0.05) is 33.2 Å². The van der Waals surface area contributed by atoms with Crippen LogP contribution in [-0.2, 0) is 16.0 Å². The number of methoxy groups -OCH3 is 1. The molecule has 1 atom stereocenters. The number of hydrogen-bond donors (Lipinski definition) is 1. The van der Waals surface area contributed by atoms with E-state index in [1.54, 1.807) is 7.11 Å². The third-order valence-electron chi connectivity index (χ3n) is 3.73. The molecule has 4 nitrogen and oxygen atoms in total. The van der Waals surface area contributed by atoms with E-state index in [0.717, 1.165) is 31.7 Å². The number of nitriles is 1. The van der Waals surface area contributed by atoms with Gasteiger partial charge in [-0.1, -0.05) is 6.07 Å². The van der Waals surface area contributed by atoms with Gasteiger partial charge in [0.1, 0.15) is 5.60 Å². The second-order valence-corrected chi connectivity index (χ2v) is 5.05. The van der Waals surface area contributed by atoms with Crippen molar-refractivity contribution in [2.24, 2.45) is 0 Å². The number of benzene rings is 1. The average Bonchev–Trinajstić information content (AvgIpc) is 2.90. The maximum absolute atomic E-state index is 8.84. The second-order valence-electron chi connectivity index (χ2n) is 5.05. The van der Waals surface area contributed by atoms with E-state index in [4.69, 9.17) is 14.7 Å². The molecule has 19 heavy (non-hydrogen) atoms. The lowest BCUT2D eigenvalue weighted by atomic mass is 10.0. The summed E-state index contributed by atoms with van der Waals surface area (Å²) in [5.74, 6) is 0. The van der Waals surface area contributed by atoms with Gasteiger partial charge in [-0.15, -0.1) is 0 Å². The zero-order valence-electron chi connectivity index (χ0n) is 11.5. The van der Waals surface area contributed by atoms with Crippen molar-refractivity contribution in [3.05, 3.63) is 34.9 Å². The molecule has 1 fully saturated rings. The number of nitrogens with zero attached hydrogens (tertiary/aromatic N) is 1. The molecule has 102 valence electrons. The third kappa shape index (κ3) is 3.32. The Labute approximate surface area is 114 Å². The highest BCUT2D eigenvalue weighted by Crippen LogP contribution is 2.21. The lowest BCUT2D eigenvalue weighted by Gasteiger charge is -2.26. The molecule has 1 aliphatic rings. The molecule has 1 saturated heterocycles. The van der Waals surface area contributed by atoms with E-state index < -0.39 is 0 Å². The Balaban J connectivity index is 1.91. The SMILES string of the molecule is COC1(CNCc2ccc(C#N)cc2C)CCOC1. The Kier molecular flexibility index (Phi) is 4.54. The molecule has 1 aromatic rings. The summed E-state index contributed by atoms with van der Waals surface area (Å²) < 4.78 is 11.0. The number of ether oxygens (including phenoxy) is 2. The van der Waals surface area contributed by atoms with Crippen molar-refractivity contribution in [3.63, 3.8) is 0 Å². The van der Waals surface area contributed by atoms with Gasteiger partial charge in [0.2, 0.25) is 0 Å². The summed E-state index contributed by atoms with van der Waals surface area (Å²) in [4.78, 5) is 0. The van der Waals surface area contributed by atoms with E-state index in [9.17, 15) is 0 Å². The first-order chi connectivity index (χ1) is 9.19. The Morgan fingerprint density at radius 2 is 2.37 bits per heavy atom. The van der Waals surface area contributed by atoms with Crippen LogP contribution in [0.4, 0.5) is 0 Å². The van der Waals surface area contributed by atoms with Gasteiger partial charge in [0.05, 0.1) is 18.2 Å². The van der Waals surface area contributed by atoms with Crippen LogP contribution in [-0.4, -0.2) is 32.5 Å². The number of nitrogens with one attached hydrogen (secondary N) is 1. The first-order valence-electron chi connectivity index (χ1n) is 6.52. The Morgan fingerprint density at radius 1 is 1.53 bits per heavy atom. The monoisotopic (exact) mass is 260 g/mol. The van der Waals surface area contributed by atoms with Gasteiger partial charge in [0.25, 0.3) is 0 Å². The predicted molar refractivity (Wildman–Crippen MR) is 72.8 cm³/mol. The van der Waals surface area contributed by atoms with Crippen LogP contribution < -0.4 is 5.32 Å². The number of rotatable bonds is 5. The molecule has 1 heterocycles. The van der Waals surface area contributed by atoms with Crippen LogP contribution in [0.2, 0.25) is 0 Å². The van der Waals surface area contributed by atoms with E-state index in [1.165, 1.54) is 5.56 Å². The van der Waals surface area contributed by atoms with Crippen LogP contribution in [0.25, 0.3) is 0 Å². The smallest absolute Gasteiger partial charge is 0.106 e. The van der Waals surface area contributed by atoms with E-state index in [2.05, 4.69) is 11.4 Å². The number of aryl methyl sites for hydroxylation is 1. The summed E-state index contributed by atoms with van der Waals surface area (Å²) in [5, 5.41) is 12.3. The Hall–Kier alpha value is -1.41. The van der Waals surface area contributed by atoms with Gasteiger partial charge in [-0.2, -0.15) is 5.26 Å². The highest BCUT2D eigenvalue weighted by atomic mass is 16.5. The van der Waals surface area contributed by atoms with E-state index in [0.29, 0.717) is 12.2 Å². The van der Waals surface area contributed by atoms with Crippen LogP contribution in [0.5, 0.6) is 0 Å². The maximum Gasteiger partial charge on any atom is 0.106 e. The molecule has 0 aliphatic carbocycles. The molecule has 0 aromatic heterocycles. The molecule has 1 unspecified atom stereocenters. The summed E-state index contributed by atoms with van der Waals surface area (Å²) in [6.07, 6.45) is 0.933. The zero-order chi connectivity index (χ0) is 13.7. The molecule has 1 N–H and O–H groups in total. The molecular weight excluding hydrogens is 240 g/mol. The molecule has 0 radical (unpaired) electrons. The zero-order valence-corrected chi connectivity index (χ0v) is 11.5. The minimum Gasteiger partial charge on any atom is -0.378 e. The molecule has 0 amide bonds. The molecule has 0 bridgehead atoms. The number of hydrogen-bond acceptors (Lipinski definition) is 4. The van der Waals surface area contributed by atoms with E-state index in [-0.39, 0.29) is 5.60 Å². The molecule has 1 aliphatic heterocycles. The van der Waals surface area contributed by atoms with Gasteiger partial charge in [-0.25, -0.2) is 0 Å². The van der Waals surface area contributed by atoms with Gasteiger partial charge in [-0.05, 0) is 30.2 Å². The normalized spacial score (nSPS) is 22.4. The van der Waals surface area contributed by atoms with Gasteiger partial charge < -0.3 is 14.8 Å². The molecule has 0 spiro atoms. The van der Waals surface area contributed by atoms with Crippen molar-refractivity contribution < 1.29 is 9.47 Å². The van der Waals surface area contributed by atoms with Crippen molar-refractivity contribution in [3.8, 4) is 6.07 Å². The standard InChI is InChI=1S/C15H20N2O2/c1-12-7-13(8-16)3-4-14(12)9-17-10-15(18-2)5-6-19-11-15/h3-4,7,17H,5-6,9-11H2,1-2H3. The van der Waals surface area contributed by atoms with Gasteiger partial charge in [0.15, 0.2) is 0 Å². The second kappa shape index (κ2) is 6.16. The average molecular weight is 260 g/mol. The van der Waals surface area contributed by atoms with E-state index in [1.807, 2.05) is 25.1 Å². The third-order valence-corrected chi connectivity index (χ3v) is 3.73. The molecule has 1 aromatic carbocycles. The van der Waals surface area contributed by atoms with Crippen molar-refractivity contribution >= 4 is 0 Å². The Morgan fingerprint density at radius 3 is 2.95 bits per heavy atom. The molecule has 4 heteroatoms. The molecule has 0 saturated carbocycles. The largest absolute Gasteiger partial charge is 0.378 e. The quantitative estimate of drug-likeness (QED) is 0.876. The van der Waals surface area contributed by atoms with Gasteiger partial charge >= 0.3 is 0 Å². The van der Waals surface area contributed by atoms with Crippen LogP contribution in [0.15, 0.2) is 18.2 Å². The van der Waals surface area contributed by atoms with Crippen molar-refractivity contribution in [2.45, 2.75) is 25.5 Å². The van der Waals surface area contributed by atoms with E-state index >= 15 is 0 Å².